The highest BCUT2D eigenvalue weighted by Gasteiger charge is 2.28. The zero-order valence-electron chi connectivity index (χ0n) is 18.9. The quantitative estimate of drug-likeness (QED) is 0.622. The van der Waals surface area contributed by atoms with Crippen molar-refractivity contribution in [2.45, 2.75) is 62.4 Å². The molecular weight excluding hydrogens is 438 g/mol. The molecule has 0 radical (unpaired) electrons. The third kappa shape index (κ3) is 6.21. The lowest BCUT2D eigenvalue weighted by atomic mass is 10.0. The van der Waals surface area contributed by atoms with Crippen LogP contribution in [-0.4, -0.2) is 50.3 Å². The molecule has 33 heavy (non-hydrogen) atoms. The second-order valence-corrected chi connectivity index (χ2v) is 10.7. The third-order valence-electron chi connectivity index (χ3n) is 6.33. The van der Waals surface area contributed by atoms with Gasteiger partial charge in [-0.2, -0.15) is 0 Å². The number of amides is 2. The van der Waals surface area contributed by atoms with Crippen molar-refractivity contribution in [1.82, 2.24) is 14.9 Å². The van der Waals surface area contributed by atoms with Crippen molar-refractivity contribution in [3.05, 3.63) is 65.2 Å². The van der Waals surface area contributed by atoms with Crippen LogP contribution in [0, 0.1) is 6.92 Å². The Kier molecular flexibility index (Phi) is 7.14. The number of hydrogen-bond donors (Lipinski definition) is 2. The molecule has 0 bridgehead atoms. The first kappa shape index (κ1) is 23.4. The maximum Gasteiger partial charge on any atom is 0.251 e. The fourth-order valence-corrected chi connectivity index (χ4v) is 5.40. The van der Waals surface area contributed by atoms with E-state index in [-0.39, 0.29) is 28.8 Å². The van der Waals surface area contributed by atoms with Crippen LogP contribution in [0.1, 0.15) is 53.6 Å². The molecule has 0 unspecified atom stereocenters. The molecule has 2 amide bonds. The van der Waals surface area contributed by atoms with E-state index < -0.39 is 10.0 Å². The van der Waals surface area contributed by atoms with Crippen LogP contribution < -0.4 is 10.0 Å². The summed E-state index contributed by atoms with van der Waals surface area (Å²) in [6.45, 7) is 3.18. The van der Waals surface area contributed by atoms with Crippen molar-refractivity contribution >= 4 is 21.8 Å². The van der Waals surface area contributed by atoms with E-state index in [4.69, 9.17) is 0 Å². The fraction of sp³-hybridized carbons (Fsp3) is 0.440. The van der Waals surface area contributed by atoms with Gasteiger partial charge in [0.25, 0.3) is 5.91 Å². The number of aryl methyl sites for hydroxylation is 2. The zero-order chi connectivity index (χ0) is 23.4. The number of nitrogens with one attached hydrogen (secondary N) is 2. The number of rotatable bonds is 8. The summed E-state index contributed by atoms with van der Waals surface area (Å²) in [4.78, 5) is 27.3. The minimum atomic E-state index is -3.45. The maximum absolute atomic E-state index is 12.7. The molecule has 0 aromatic heterocycles. The molecule has 2 N–H and O–H groups in total. The fourth-order valence-electron chi connectivity index (χ4n) is 4.10. The van der Waals surface area contributed by atoms with Crippen molar-refractivity contribution < 1.29 is 18.0 Å². The second-order valence-electron chi connectivity index (χ2n) is 8.98. The Morgan fingerprint density at radius 3 is 2.24 bits per heavy atom. The molecule has 1 saturated carbocycles. The number of benzene rings is 2. The summed E-state index contributed by atoms with van der Waals surface area (Å²) in [7, 11) is -3.45. The zero-order valence-corrected chi connectivity index (χ0v) is 19.7. The summed E-state index contributed by atoms with van der Waals surface area (Å²) in [5.41, 5.74) is 2.58. The first-order valence-electron chi connectivity index (χ1n) is 11.6. The van der Waals surface area contributed by atoms with E-state index in [1.54, 1.807) is 24.3 Å². The molecule has 2 aromatic rings. The van der Waals surface area contributed by atoms with Crippen molar-refractivity contribution in [2.75, 3.05) is 13.1 Å². The van der Waals surface area contributed by atoms with Gasteiger partial charge in [0.1, 0.15) is 0 Å². The summed E-state index contributed by atoms with van der Waals surface area (Å²) in [5, 5.41) is 3.10. The summed E-state index contributed by atoms with van der Waals surface area (Å²) in [6, 6.07) is 14.4. The number of hydrogen-bond acceptors (Lipinski definition) is 4. The van der Waals surface area contributed by atoms with Crippen molar-refractivity contribution in [3.63, 3.8) is 0 Å². The van der Waals surface area contributed by atoms with Crippen LogP contribution in [-0.2, 0) is 21.2 Å². The lowest BCUT2D eigenvalue weighted by Gasteiger charge is -2.32. The number of carbonyl (C=O) groups excluding carboxylic acids is 2. The van der Waals surface area contributed by atoms with Gasteiger partial charge in [-0.15, -0.1) is 0 Å². The third-order valence-corrected chi connectivity index (χ3v) is 7.87. The molecule has 0 spiro atoms. The highest BCUT2D eigenvalue weighted by Crippen LogP contribution is 2.22. The average Bonchev–Trinajstić information content (AvgIpc) is 3.62. The van der Waals surface area contributed by atoms with Crippen LogP contribution in [0.4, 0.5) is 0 Å². The van der Waals surface area contributed by atoms with E-state index in [9.17, 15) is 18.0 Å². The van der Waals surface area contributed by atoms with E-state index in [0.717, 1.165) is 36.8 Å². The Morgan fingerprint density at radius 1 is 0.939 bits per heavy atom. The standard InChI is InChI=1S/C25H31N3O4S/c1-18-4-2-3-5-23(18)25(30)26-20-14-16-28(17-15-20)24(29)13-8-19-6-11-22(12-7-19)33(31,32)27-21-9-10-21/h2-7,11-12,20-21,27H,8-10,13-17H2,1H3,(H,26,30). The summed E-state index contributed by atoms with van der Waals surface area (Å²) in [6.07, 6.45) is 4.23. The highest BCUT2D eigenvalue weighted by atomic mass is 32.2. The predicted octanol–water partition coefficient (Wildman–Crippen LogP) is 2.79. The molecule has 2 fully saturated rings. The molecule has 176 valence electrons. The van der Waals surface area contributed by atoms with Crippen LogP contribution in [0.5, 0.6) is 0 Å². The van der Waals surface area contributed by atoms with Crippen molar-refractivity contribution in [1.29, 1.82) is 0 Å². The molecule has 0 atom stereocenters. The van der Waals surface area contributed by atoms with Crippen LogP contribution in [0.25, 0.3) is 0 Å². The Labute approximate surface area is 195 Å². The van der Waals surface area contributed by atoms with Gasteiger partial charge in [0.05, 0.1) is 4.90 Å². The first-order chi connectivity index (χ1) is 15.8. The smallest absolute Gasteiger partial charge is 0.251 e. The van der Waals surface area contributed by atoms with Crippen LogP contribution in [0.3, 0.4) is 0 Å². The molecule has 1 aliphatic heterocycles. The molecule has 1 aliphatic carbocycles. The number of nitrogens with zero attached hydrogens (tertiary/aromatic N) is 1. The molecule has 7 nitrogen and oxygen atoms in total. The van der Waals surface area contributed by atoms with Gasteiger partial charge in [-0.3, -0.25) is 9.59 Å². The van der Waals surface area contributed by atoms with Gasteiger partial charge in [0, 0.05) is 37.2 Å². The minimum Gasteiger partial charge on any atom is -0.349 e. The minimum absolute atomic E-state index is 0.0596. The van der Waals surface area contributed by atoms with Crippen molar-refractivity contribution in [3.8, 4) is 0 Å². The Balaban J connectivity index is 1.21. The van der Waals surface area contributed by atoms with E-state index in [2.05, 4.69) is 10.0 Å². The van der Waals surface area contributed by atoms with Gasteiger partial charge in [0.2, 0.25) is 15.9 Å². The van der Waals surface area contributed by atoms with E-state index in [1.165, 1.54) is 0 Å². The Bertz CT molecular complexity index is 1100. The van der Waals surface area contributed by atoms with Crippen LogP contribution >= 0.6 is 0 Å². The Morgan fingerprint density at radius 2 is 1.61 bits per heavy atom. The van der Waals surface area contributed by atoms with Crippen molar-refractivity contribution in [2.24, 2.45) is 0 Å². The van der Waals surface area contributed by atoms with Gasteiger partial charge in [-0.25, -0.2) is 13.1 Å². The van der Waals surface area contributed by atoms with E-state index in [1.807, 2.05) is 36.1 Å². The van der Waals surface area contributed by atoms with Crippen LogP contribution in [0.2, 0.25) is 0 Å². The topological polar surface area (TPSA) is 95.6 Å². The van der Waals surface area contributed by atoms with Gasteiger partial charge in [0.15, 0.2) is 0 Å². The summed E-state index contributed by atoms with van der Waals surface area (Å²) >= 11 is 0. The average molecular weight is 470 g/mol. The molecule has 1 heterocycles. The SMILES string of the molecule is Cc1ccccc1C(=O)NC1CCN(C(=O)CCc2ccc(S(=O)(=O)NC3CC3)cc2)CC1. The lowest BCUT2D eigenvalue weighted by molar-refractivity contribution is -0.132. The lowest BCUT2D eigenvalue weighted by Crippen LogP contribution is -2.46. The number of piperidine rings is 1. The number of carbonyl (C=O) groups is 2. The van der Waals surface area contributed by atoms with Gasteiger partial charge in [-0.05, 0) is 68.4 Å². The van der Waals surface area contributed by atoms with E-state index >= 15 is 0 Å². The van der Waals surface area contributed by atoms with E-state index in [0.29, 0.717) is 31.5 Å². The number of sulfonamides is 1. The monoisotopic (exact) mass is 469 g/mol. The summed E-state index contributed by atoms with van der Waals surface area (Å²) < 4.78 is 27.2. The second kappa shape index (κ2) is 10.1. The molecule has 2 aliphatic rings. The molecular formula is C25H31N3O4S. The molecule has 1 saturated heterocycles. The largest absolute Gasteiger partial charge is 0.349 e. The van der Waals surface area contributed by atoms with Gasteiger partial charge in [-0.1, -0.05) is 30.3 Å². The van der Waals surface area contributed by atoms with Gasteiger partial charge >= 0.3 is 0 Å². The molecule has 8 heteroatoms. The normalized spacial score (nSPS) is 17.1. The number of likely N-dealkylation sites (tertiary alicyclic amines) is 1. The summed E-state index contributed by atoms with van der Waals surface area (Å²) in [5.74, 6) is 0.0291. The Hall–Kier alpha value is -2.71. The van der Waals surface area contributed by atoms with Crippen LogP contribution in [0.15, 0.2) is 53.4 Å². The molecule has 4 rings (SSSR count). The van der Waals surface area contributed by atoms with Gasteiger partial charge < -0.3 is 10.2 Å². The predicted molar refractivity (Wildman–Crippen MR) is 126 cm³/mol. The first-order valence-corrected chi connectivity index (χ1v) is 13.1. The maximum atomic E-state index is 12.7. The highest BCUT2D eigenvalue weighted by molar-refractivity contribution is 7.89. The molecule has 2 aromatic carbocycles.